The lowest BCUT2D eigenvalue weighted by molar-refractivity contribution is -0.347. The molecule has 0 amide bonds. The van der Waals surface area contributed by atoms with Crippen LogP contribution in [0.15, 0.2) is 187 Å². The third kappa shape index (κ3) is 18.7. The second kappa shape index (κ2) is 32.8. The van der Waals surface area contributed by atoms with E-state index in [9.17, 15) is 43.8 Å². The van der Waals surface area contributed by atoms with Crippen LogP contribution in [0.4, 0.5) is 0 Å². The van der Waals surface area contributed by atoms with Gasteiger partial charge < -0.3 is 47.5 Å². The summed E-state index contributed by atoms with van der Waals surface area (Å²) in [5.41, 5.74) is 9.70. The summed E-state index contributed by atoms with van der Waals surface area (Å²) in [6.07, 6.45) is -12.7. The Labute approximate surface area is 502 Å². The zero-order valence-electron chi connectivity index (χ0n) is 47.5. The third-order valence-corrected chi connectivity index (χ3v) is 14.9. The predicted octanol–water partition coefficient (Wildman–Crippen LogP) is 11.4. The van der Waals surface area contributed by atoms with Gasteiger partial charge in [0.25, 0.3) is 0 Å². The van der Waals surface area contributed by atoms with Crippen molar-refractivity contribution < 1.29 is 89.9 Å². The van der Waals surface area contributed by atoms with E-state index in [1.165, 1.54) is 97.1 Å². The summed E-state index contributed by atoms with van der Waals surface area (Å²) >= 11 is 0. The van der Waals surface area contributed by atoms with Gasteiger partial charge >= 0.3 is 43.6 Å². The molecule has 6 aromatic carbocycles. The van der Waals surface area contributed by atoms with Gasteiger partial charge in [0, 0.05) is 4.91 Å². The highest BCUT2D eigenvalue weighted by atomic mass is 31.2. The maximum absolute atomic E-state index is 14.6. The maximum atomic E-state index is 14.6. The van der Waals surface area contributed by atoms with Gasteiger partial charge in [-0.1, -0.05) is 166 Å². The fourth-order valence-electron chi connectivity index (χ4n) is 9.55. The van der Waals surface area contributed by atoms with E-state index in [1.807, 2.05) is 0 Å². The number of nitrogens with zero attached hydrogens (tertiary/aromatic N) is 3. The van der Waals surface area contributed by atoms with E-state index in [0.717, 1.165) is 38.5 Å². The zero-order chi connectivity index (χ0) is 61.4. The van der Waals surface area contributed by atoms with Crippen molar-refractivity contribution in [3.63, 3.8) is 0 Å². The highest BCUT2D eigenvalue weighted by Gasteiger charge is 2.59. The summed E-state index contributed by atoms with van der Waals surface area (Å²) in [7, 11) is -5.25. The Balaban J connectivity index is 1.26. The number of benzene rings is 6. The van der Waals surface area contributed by atoms with Crippen LogP contribution in [0.1, 0.15) is 120 Å². The van der Waals surface area contributed by atoms with Crippen LogP contribution in [-0.4, -0.2) is 122 Å². The molecule has 23 heteroatoms. The van der Waals surface area contributed by atoms with Crippen LogP contribution in [0.5, 0.6) is 0 Å². The Morgan fingerprint density at radius 2 is 0.805 bits per heavy atom. The molecule has 0 aliphatic carbocycles. The summed E-state index contributed by atoms with van der Waals surface area (Å²) in [4.78, 5) is 100. The number of phosphoric ester groups is 1. The maximum Gasteiger partial charge on any atom is 0.474 e. The normalized spacial score (nSPS) is 22.2. The van der Waals surface area contributed by atoms with Gasteiger partial charge in [0.15, 0.2) is 36.8 Å². The lowest BCUT2D eigenvalue weighted by Crippen LogP contribution is -2.67. The molecular formula is C64H66N3O19P. The van der Waals surface area contributed by atoms with Crippen LogP contribution in [0.3, 0.4) is 0 Å². The molecule has 8 rings (SSSR count). The molecule has 2 aliphatic rings. The monoisotopic (exact) mass is 1210 g/mol. The molecule has 1 N–H and O–H groups in total. The fraction of sp³-hybridized carbons (Fsp3) is 0.344. The Morgan fingerprint density at radius 1 is 0.460 bits per heavy atom. The van der Waals surface area contributed by atoms with Gasteiger partial charge in [0.2, 0.25) is 6.29 Å². The van der Waals surface area contributed by atoms with Gasteiger partial charge in [0.05, 0.1) is 46.5 Å². The smallest absolute Gasteiger partial charge is 0.459 e. The van der Waals surface area contributed by atoms with Gasteiger partial charge in [-0.25, -0.2) is 33.3 Å². The second-order valence-corrected chi connectivity index (χ2v) is 21.5. The molecule has 87 heavy (non-hydrogen) atoms. The number of rotatable bonds is 29. The topological polar surface area (TPSA) is 290 Å². The van der Waals surface area contributed by atoms with Crippen LogP contribution in [0.2, 0.25) is 0 Å². The molecule has 1 unspecified atom stereocenters. The standard InChI is InChI=1S/C64H66N3O19P/c1-2-3-4-5-6-7-8-27-40-77-87(74,75)86-64-56(84-62(73)48-38-25-14-26-39-48)54(82-60(71)46-34-21-12-22-35-46)52(50(79-64)42-76-57(68)43-28-15-9-16-29-43)85-63-55(83-61(72)47-36-23-13-24-37-47)53(81-59(70)45-32-19-11-20-33-45)51(49(78-63)41-66-67-65)80-58(69)44-30-17-10-18-31-44/h9-26,28-39,49-56,63-64H,2-8,27,40-42H2,1H3,(H,74,75)/t49-,50-,51+,52-,53+,54+,55-,56+,63+,64-/m1/s1. The summed E-state index contributed by atoms with van der Waals surface area (Å²) in [5.74, 6) is -6.16. The average Bonchev–Trinajstić information content (AvgIpc) is 1.07. The molecule has 11 atom stereocenters. The minimum Gasteiger partial charge on any atom is -0.459 e. The molecule has 0 spiro atoms. The van der Waals surface area contributed by atoms with Crippen LogP contribution >= 0.6 is 7.82 Å². The number of carbonyl (C=O) groups excluding carboxylic acids is 6. The van der Waals surface area contributed by atoms with E-state index in [4.69, 9.17) is 51.7 Å². The molecule has 22 nitrogen and oxygen atoms in total. The first-order chi connectivity index (χ1) is 42.3. The Morgan fingerprint density at radius 3 is 1.22 bits per heavy atom. The molecule has 0 aromatic heterocycles. The Bertz CT molecular complexity index is 3280. The Hall–Kier alpha value is -8.56. The van der Waals surface area contributed by atoms with Crippen molar-refractivity contribution in [2.24, 2.45) is 5.11 Å². The number of azide groups is 1. The second-order valence-electron chi connectivity index (χ2n) is 20.1. The largest absolute Gasteiger partial charge is 0.474 e. The fourth-order valence-corrected chi connectivity index (χ4v) is 10.4. The van der Waals surface area contributed by atoms with Crippen molar-refractivity contribution in [1.29, 1.82) is 0 Å². The molecule has 6 aromatic rings. The van der Waals surface area contributed by atoms with E-state index in [1.54, 1.807) is 84.9 Å². The molecule has 2 heterocycles. The van der Waals surface area contributed by atoms with Crippen LogP contribution < -0.4 is 0 Å². The van der Waals surface area contributed by atoms with E-state index in [-0.39, 0.29) is 40.0 Å². The number of phosphoric acid groups is 1. The zero-order valence-corrected chi connectivity index (χ0v) is 48.4. The Kier molecular flexibility index (Phi) is 24.3. The molecule has 2 aliphatic heterocycles. The quantitative estimate of drug-likeness (QED) is 0.00868. The summed E-state index contributed by atoms with van der Waals surface area (Å²) < 4.78 is 82.4. The SMILES string of the molecule is CCCCCCCCCCOP(=O)(O)O[C@H]1O[C@H](COC(=O)c2ccccc2)[C@@H](O[C@@H]2O[C@H](CN=[N+]=[N-])[C@H](OC(=O)c3ccccc3)[C@H](OC(=O)c3ccccc3)[C@H]2OC(=O)c2ccccc2)[C@H](OC(=O)c2ccccc2)[C@@H]1OC(=O)c1ccccc1. The highest BCUT2D eigenvalue weighted by molar-refractivity contribution is 7.47. The first kappa shape index (κ1) is 64.4. The van der Waals surface area contributed by atoms with E-state index in [2.05, 4.69) is 16.9 Å². The van der Waals surface area contributed by atoms with Crippen molar-refractivity contribution in [2.75, 3.05) is 19.8 Å². The summed E-state index contributed by atoms with van der Waals surface area (Å²) in [6, 6.07) is 45.6. The summed E-state index contributed by atoms with van der Waals surface area (Å²) in [6.45, 7) is 0.334. The number of ether oxygens (including phenoxy) is 9. The highest BCUT2D eigenvalue weighted by Crippen LogP contribution is 2.48. The van der Waals surface area contributed by atoms with E-state index in [0.29, 0.717) is 12.8 Å². The molecule has 0 saturated carbocycles. The van der Waals surface area contributed by atoms with Gasteiger partial charge in [-0.2, -0.15) is 0 Å². The lowest BCUT2D eigenvalue weighted by Gasteiger charge is -2.48. The molecule has 2 fully saturated rings. The van der Waals surface area contributed by atoms with Crippen LogP contribution in [0, 0.1) is 0 Å². The average molecular weight is 1210 g/mol. The third-order valence-electron chi connectivity index (χ3n) is 13.9. The number of unbranched alkanes of at least 4 members (excludes halogenated alkanes) is 7. The van der Waals surface area contributed by atoms with Gasteiger partial charge in [0.1, 0.15) is 24.9 Å². The van der Waals surface area contributed by atoms with Crippen LogP contribution in [0.25, 0.3) is 10.4 Å². The van der Waals surface area contributed by atoms with Crippen molar-refractivity contribution in [1.82, 2.24) is 0 Å². The van der Waals surface area contributed by atoms with E-state index < -0.39 is 118 Å². The first-order valence-electron chi connectivity index (χ1n) is 28.5. The van der Waals surface area contributed by atoms with Gasteiger partial charge in [-0.15, -0.1) is 0 Å². The molecule has 0 bridgehead atoms. The lowest BCUT2D eigenvalue weighted by atomic mass is 9.95. The van der Waals surface area contributed by atoms with Crippen molar-refractivity contribution in [3.05, 3.63) is 226 Å². The van der Waals surface area contributed by atoms with Crippen molar-refractivity contribution >= 4 is 43.6 Å². The summed E-state index contributed by atoms with van der Waals surface area (Å²) in [5, 5.41) is 3.73. The van der Waals surface area contributed by atoms with Crippen molar-refractivity contribution in [3.8, 4) is 0 Å². The molecular weight excluding hydrogens is 1150 g/mol. The molecule has 456 valence electrons. The number of carbonyl (C=O) groups is 6. The number of hydrogen-bond donors (Lipinski definition) is 1. The predicted molar refractivity (Wildman–Crippen MR) is 311 cm³/mol. The minimum atomic E-state index is -5.25. The van der Waals surface area contributed by atoms with Gasteiger partial charge in [-0.3, -0.25) is 9.05 Å². The van der Waals surface area contributed by atoms with Crippen molar-refractivity contribution in [2.45, 2.75) is 120 Å². The van der Waals surface area contributed by atoms with Gasteiger partial charge in [-0.05, 0) is 84.7 Å². The van der Waals surface area contributed by atoms with E-state index >= 15 is 0 Å². The molecule has 0 radical (unpaired) electrons. The molecule has 2 saturated heterocycles. The minimum absolute atomic E-state index is 0.0136. The number of hydrogen-bond acceptors (Lipinski definition) is 19. The first-order valence-corrected chi connectivity index (χ1v) is 30.0. The number of esters is 6. The van der Waals surface area contributed by atoms with Crippen LogP contribution in [-0.2, 0) is 56.2 Å².